The molecular weight excluding hydrogens is 1190 g/mol. The number of benzene rings is 7. The fraction of sp³-hybridized carbons (Fsp3) is 0.506. The summed E-state index contributed by atoms with van der Waals surface area (Å²) in [6, 6.07) is 51.1. The quantitative estimate of drug-likeness (QED) is 0.127. The summed E-state index contributed by atoms with van der Waals surface area (Å²) in [6.45, 7) is 69.0. The van der Waals surface area contributed by atoms with E-state index in [2.05, 4.69) is 240 Å². The van der Waals surface area contributed by atoms with Gasteiger partial charge in [0.15, 0.2) is 0 Å². The molecule has 0 heterocycles. The summed E-state index contributed by atoms with van der Waals surface area (Å²) < 4.78 is 0. The molecule has 7 aromatic rings. The van der Waals surface area contributed by atoms with Crippen LogP contribution in [0.1, 0.15) is 222 Å². The molecule has 7 rings (SSSR count). The maximum Gasteiger partial charge on any atom is 0.0318 e. The lowest BCUT2D eigenvalue weighted by molar-refractivity contribution is 0.437. The Morgan fingerprint density at radius 2 is 0.361 bits per heavy atom. The standard InChI is InChI=1S/2C12H12.3C8H10.5C5H12N2.7C2H6/c2*1-9-7-8-10(2)12-6-4-3-5-11(9)12;1-7-3-5-8(2)6-4-7;1-7-4-3-5-8(2)6-7;1-7-5-3-4-6-8(7)2;5*1-5(2)6-7(3)4;7*1-2/h2*3-8H,1-2H3;3*3-6H,1-2H3;5*1-4H3;7*1-2H3. The molecule has 0 radical (unpaired) electrons. The van der Waals surface area contributed by atoms with Gasteiger partial charge >= 0.3 is 0 Å². The van der Waals surface area contributed by atoms with E-state index in [-0.39, 0.29) is 0 Å². The van der Waals surface area contributed by atoms with Crippen LogP contribution in [0.15, 0.2) is 171 Å². The van der Waals surface area contributed by atoms with Gasteiger partial charge in [0.1, 0.15) is 0 Å². The zero-order chi connectivity index (χ0) is 78.4. The molecule has 0 unspecified atom stereocenters. The van der Waals surface area contributed by atoms with Crippen molar-refractivity contribution in [3.05, 3.63) is 201 Å². The SMILES string of the molecule is CC.CC.CC.CC.CC.CC.CC.CC(C)=NN(C)C.CC(C)=NN(C)C.CC(C)=NN(C)C.CC(C)=NN(C)C.CC(C)=NN(C)C.Cc1ccc(C)c2ccccc12.Cc1ccc(C)c2ccccc12.Cc1ccc(C)cc1.Cc1cccc(C)c1.Cc1ccccc1C. The van der Waals surface area contributed by atoms with Crippen LogP contribution in [0.3, 0.4) is 0 Å². The van der Waals surface area contributed by atoms with E-state index >= 15 is 0 Å². The Morgan fingerprint density at radius 1 is 0.196 bits per heavy atom. The van der Waals surface area contributed by atoms with Crippen molar-refractivity contribution in [3.63, 3.8) is 0 Å². The van der Waals surface area contributed by atoms with Gasteiger partial charge in [-0.1, -0.05) is 265 Å². The topological polar surface area (TPSA) is 78.0 Å². The van der Waals surface area contributed by atoms with Crippen molar-refractivity contribution in [3.8, 4) is 0 Å². The lowest BCUT2D eigenvalue weighted by Gasteiger charge is -2.03. The first-order chi connectivity index (χ1) is 45.6. The minimum atomic E-state index is 1.09. The lowest BCUT2D eigenvalue weighted by Crippen LogP contribution is -2.03. The average Bonchev–Trinajstić information content (AvgIpc) is 0.834. The fourth-order valence-corrected chi connectivity index (χ4v) is 7.31. The first-order valence-corrected chi connectivity index (χ1v) is 35.5. The summed E-state index contributed by atoms with van der Waals surface area (Å²) in [4.78, 5) is 0. The number of aryl methyl sites for hydroxylation is 10. The highest BCUT2D eigenvalue weighted by Crippen LogP contribution is 2.22. The highest BCUT2D eigenvalue weighted by Gasteiger charge is 1.99. The molecule has 0 bridgehead atoms. The first kappa shape index (κ1) is 111. The molecule has 0 saturated heterocycles. The van der Waals surface area contributed by atoms with Crippen LogP contribution in [-0.4, -0.2) is 124 Å². The molecular formula is C87H156N10. The molecule has 0 saturated carbocycles. The zero-order valence-corrected chi connectivity index (χ0v) is 71.8. The largest absolute Gasteiger partial charge is 0.303 e. The second-order valence-electron chi connectivity index (χ2n) is 22.4. The average molecular weight is 1340 g/mol. The van der Waals surface area contributed by atoms with Crippen LogP contribution in [0, 0.1) is 69.2 Å². The van der Waals surface area contributed by atoms with Crippen molar-refractivity contribution in [2.45, 2.75) is 235 Å². The van der Waals surface area contributed by atoms with Gasteiger partial charge in [-0.15, -0.1) is 0 Å². The minimum absolute atomic E-state index is 1.09. The van der Waals surface area contributed by atoms with Crippen LogP contribution in [0.25, 0.3) is 21.5 Å². The van der Waals surface area contributed by atoms with Crippen molar-refractivity contribution in [1.82, 2.24) is 25.0 Å². The van der Waals surface area contributed by atoms with Gasteiger partial charge in [-0.3, -0.25) is 0 Å². The van der Waals surface area contributed by atoms with Crippen LogP contribution in [0.4, 0.5) is 0 Å². The summed E-state index contributed by atoms with van der Waals surface area (Å²) >= 11 is 0. The Hall–Kier alpha value is -7.59. The van der Waals surface area contributed by atoms with Crippen molar-refractivity contribution in [2.75, 3.05) is 70.5 Å². The van der Waals surface area contributed by atoms with Crippen molar-refractivity contribution < 1.29 is 0 Å². The van der Waals surface area contributed by atoms with E-state index in [9.17, 15) is 0 Å². The van der Waals surface area contributed by atoms with Crippen LogP contribution >= 0.6 is 0 Å². The number of hydrogen-bond donors (Lipinski definition) is 0. The van der Waals surface area contributed by atoms with Gasteiger partial charge in [0.25, 0.3) is 0 Å². The number of hydrazone groups is 5. The molecule has 10 heteroatoms. The predicted molar refractivity (Wildman–Crippen MR) is 456 cm³/mol. The molecule has 0 amide bonds. The van der Waals surface area contributed by atoms with Crippen LogP contribution < -0.4 is 0 Å². The lowest BCUT2D eigenvalue weighted by atomic mass is 10.0. The zero-order valence-electron chi connectivity index (χ0n) is 71.8. The third kappa shape index (κ3) is 79.0. The van der Waals surface area contributed by atoms with Gasteiger partial charge in [-0.05, 0) is 193 Å². The maximum absolute atomic E-state index is 4.03. The van der Waals surface area contributed by atoms with Crippen molar-refractivity contribution in [1.29, 1.82) is 0 Å². The Bertz CT molecular complexity index is 2620. The van der Waals surface area contributed by atoms with Gasteiger partial charge in [0, 0.05) is 99.0 Å². The molecule has 0 spiro atoms. The predicted octanol–water partition coefficient (Wildman–Crippen LogP) is 25.7. The van der Waals surface area contributed by atoms with E-state index in [4.69, 9.17) is 0 Å². The molecule has 7 aromatic carbocycles. The molecule has 10 nitrogen and oxygen atoms in total. The monoisotopic (exact) mass is 1340 g/mol. The number of hydrogen-bond acceptors (Lipinski definition) is 10. The van der Waals surface area contributed by atoms with Crippen LogP contribution in [0.2, 0.25) is 0 Å². The minimum Gasteiger partial charge on any atom is -0.303 e. The number of rotatable bonds is 5. The Balaban J connectivity index is -0.000000107. The Kier molecular flexibility index (Phi) is 88.5. The first-order valence-electron chi connectivity index (χ1n) is 35.5. The van der Waals surface area contributed by atoms with Gasteiger partial charge < -0.3 is 25.0 Å². The Morgan fingerprint density at radius 3 is 0.474 bits per heavy atom. The summed E-state index contributed by atoms with van der Waals surface area (Å²) in [7, 11) is 19.1. The van der Waals surface area contributed by atoms with Gasteiger partial charge in [-0.25, -0.2) is 0 Å². The number of fused-ring (bicyclic) bond motifs is 2. The maximum atomic E-state index is 4.03. The third-order valence-corrected chi connectivity index (χ3v) is 10.5. The molecule has 554 valence electrons. The van der Waals surface area contributed by atoms with Gasteiger partial charge in [0.2, 0.25) is 0 Å². The molecule has 0 N–H and O–H groups in total. The molecule has 0 aliphatic rings. The molecule has 0 aliphatic carbocycles. The normalized spacial score (nSPS) is 8.21. The van der Waals surface area contributed by atoms with Crippen molar-refractivity contribution in [2.24, 2.45) is 25.5 Å². The van der Waals surface area contributed by atoms with E-state index in [1.165, 1.54) is 77.2 Å². The smallest absolute Gasteiger partial charge is 0.0318 e. The van der Waals surface area contributed by atoms with E-state index in [0.29, 0.717) is 0 Å². The highest BCUT2D eigenvalue weighted by atomic mass is 15.4. The van der Waals surface area contributed by atoms with Gasteiger partial charge in [-0.2, -0.15) is 25.5 Å². The highest BCUT2D eigenvalue weighted by molar-refractivity contribution is 5.89. The van der Waals surface area contributed by atoms with Gasteiger partial charge in [0.05, 0.1) is 0 Å². The summed E-state index contributed by atoms with van der Waals surface area (Å²) in [5.41, 5.74) is 18.9. The summed E-state index contributed by atoms with van der Waals surface area (Å²) in [6.07, 6.45) is 0. The number of nitrogens with zero attached hydrogens (tertiary/aromatic N) is 10. The second kappa shape index (κ2) is 77.4. The summed E-state index contributed by atoms with van der Waals surface area (Å²) in [5, 5.41) is 34.6. The van der Waals surface area contributed by atoms with E-state index in [1.54, 1.807) is 25.0 Å². The molecule has 97 heavy (non-hydrogen) atoms. The van der Waals surface area contributed by atoms with E-state index in [1.807, 2.05) is 237 Å². The Labute approximate surface area is 604 Å². The fourth-order valence-electron chi connectivity index (χ4n) is 7.31. The summed E-state index contributed by atoms with van der Waals surface area (Å²) in [5.74, 6) is 0. The molecule has 0 aliphatic heterocycles. The van der Waals surface area contributed by atoms with Crippen LogP contribution in [-0.2, 0) is 0 Å². The molecule has 0 aromatic heterocycles. The molecule has 0 atom stereocenters. The van der Waals surface area contributed by atoms with E-state index < -0.39 is 0 Å². The third-order valence-electron chi connectivity index (χ3n) is 10.5. The van der Waals surface area contributed by atoms with Crippen LogP contribution in [0.5, 0.6) is 0 Å². The second-order valence-corrected chi connectivity index (χ2v) is 22.4. The molecule has 0 fully saturated rings. The van der Waals surface area contributed by atoms with Crippen molar-refractivity contribution >= 4 is 50.1 Å². The van der Waals surface area contributed by atoms with E-state index in [0.717, 1.165) is 28.6 Å².